The van der Waals surface area contributed by atoms with Gasteiger partial charge in [0.15, 0.2) is 22.9 Å². The van der Waals surface area contributed by atoms with Crippen LogP contribution in [0.25, 0.3) is 28.6 Å². The maximum atomic E-state index is 12.2. The molecule has 0 aliphatic rings. The van der Waals surface area contributed by atoms with Crippen LogP contribution < -0.4 is 10.1 Å². The van der Waals surface area contributed by atoms with Gasteiger partial charge in [-0.05, 0) is 18.2 Å². The number of benzene rings is 1. The summed E-state index contributed by atoms with van der Waals surface area (Å²) in [4.78, 5) is 12.2. The molecule has 0 saturated carbocycles. The zero-order valence-electron chi connectivity index (χ0n) is 16.1. The third kappa shape index (κ3) is 3.86. The van der Waals surface area contributed by atoms with Crippen molar-refractivity contribution in [3.05, 3.63) is 72.6 Å². The molecule has 0 saturated heterocycles. The average Bonchev–Trinajstić information content (AvgIpc) is 3.57. The molecule has 0 aliphatic carbocycles. The molecule has 1 N–H and O–H groups in total. The predicted molar refractivity (Wildman–Crippen MR) is 108 cm³/mol. The van der Waals surface area contributed by atoms with Crippen molar-refractivity contribution in [1.29, 1.82) is 0 Å². The van der Waals surface area contributed by atoms with Crippen LogP contribution in [-0.2, 0) is 0 Å². The lowest BCUT2D eigenvalue weighted by molar-refractivity contribution is 0.0937. The summed E-state index contributed by atoms with van der Waals surface area (Å²) >= 11 is 0. The van der Waals surface area contributed by atoms with Crippen LogP contribution in [-0.4, -0.2) is 44.0 Å². The van der Waals surface area contributed by atoms with E-state index in [9.17, 15) is 4.79 Å². The van der Waals surface area contributed by atoms with Gasteiger partial charge in [0.1, 0.15) is 6.61 Å². The summed E-state index contributed by atoms with van der Waals surface area (Å²) in [6, 6.07) is 18.1. The number of nitrogens with zero attached hydrogens (tertiary/aromatic N) is 5. The number of carbonyl (C=O) groups excluding carboxylic acids is 1. The van der Waals surface area contributed by atoms with Gasteiger partial charge in [-0.25, -0.2) is 0 Å². The number of ether oxygens (including phenoxy) is 1. The number of aromatic nitrogens is 5. The van der Waals surface area contributed by atoms with E-state index in [2.05, 4.69) is 25.8 Å². The monoisotopic (exact) mass is 416 g/mol. The van der Waals surface area contributed by atoms with Gasteiger partial charge < -0.3 is 19.0 Å². The molecule has 4 aromatic heterocycles. The molecule has 10 nitrogen and oxygen atoms in total. The van der Waals surface area contributed by atoms with Crippen molar-refractivity contribution in [3.63, 3.8) is 0 Å². The molecule has 1 amide bonds. The Morgan fingerprint density at radius 3 is 2.77 bits per heavy atom. The maximum Gasteiger partial charge on any atom is 0.273 e. The van der Waals surface area contributed by atoms with Crippen molar-refractivity contribution in [2.75, 3.05) is 13.2 Å². The van der Waals surface area contributed by atoms with E-state index in [1.807, 2.05) is 30.3 Å². The Morgan fingerprint density at radius 2 is 1.94 bits per heavy atom. The fourth-order valence-electron chi connectivity index (χ4n) is 2.94. The number of rotatable bonds is 7. The van der Waals surface area contributed by atoms with Gasteiger partial charge in [0.05, 0.1) is 12.8 Å². The van der Waals surface area contributed by atoms with E-state index in [0.717, 1.165) is 5.56 Å². The second-order valence-electron chi connectivity index (χ2n) is 6.49. The van der Waals surface area contributed by atoms with Crippen LogP contribution in [0.4, 0.5) is 0 Å². The van der Waals surface area contributed by atoms with Gasteiger partial charge in [-0.2, -0.15) is 4.52 Å². The van der Waals surface area contributed by atoms with Crippen molar-refractivity contribution in [1.82, 2.24) is 30.3 Å². The highest BCUT2D eigenvalue weighted by Gasteiger charge is 2.15. The molecule has 1 aromatic carbocycles. The highest BCUT2D eigenvalue weighted by Crippen LogP contribution is 2.20. The second-order valence-corrected chi connectivity index (χ2v) is 6.49. The molecule has 0 aliphatic heterocycles. The Morgan fingerprint density at radius 1 is 1.03 bits per heavy atom. The van der Waals surface area contributed by atoms with E-state index in [4.69, 9.17) is 13.7 Å². The normalized spacial score (nSPS) is 11.0. The minimum atomic E-state index is -0.376. The van der Waals surface area contributed by atoms with Crippen LogP contribution >= 0.6 is 0 Å². The molecular formula is C21H16N6O4. The number of hydrogen-bond acceptors (Lipinski definition) is 8. The third-order valence-electron chi connectivity index (χ3n) is 4.41. The van der Waals surface area contributed by atoms with Gasteiger partial charge >= 0.3 is 0 Å². The quantitative estimate of drug-likeness (QED) is 0.402. The molecule has 4 heterocycles. The molecule has 154 valence electrons. The summed E-state index contributed by atoms with van der Waals surface area (Å²) in [5, 5.41) is 19.2. The first-order valence-corrected chi connectivity index (χ1v) is 9.47. The molecular weight excluding hydrogens is 400 g/mol. The zero-order chi connectivity index (χ0) is 21.0. The van der Waals surface area contributed by atoms with Gasteiger partial charge in [0, 0.05) is 17.7 Å². The summed E-state index contributed by atoms with van der Waals surface area (Å²) in [5.74, 6) is 1.51. The zero-order valence-corrected chi connectivity index (χ0v) is 16.1. The molecule has 0 fully saturated rings. The van der Waals surface area contributed by atoms with Crippen molar-refractivity contribution in [3.8, 4) is 28.8 Å². The minimum absolute atomic E-state index is 0.155. The largest absolute Gasteiger partial charge is 0.475 e. The lowest BCUT2D eigenvalue weighted by Crippen LogP contribution is -2.28. The lowest BCUT2D eigenvalue weighted by Gasteiger charge is -2.06. The number of fused-ring (bicyclic) bond motifs is 1. The molecule has 0 bridgehead atoms. The number of hydrogen-bond donors (Lipinski definition) is 1. The van der Waals surface area contributed by atoms with Gasteiger partial charge in [-0.3, -0.25) is 4.79 Å². The standard InChI is InChI=1S/C21H16N6O4/c28-21(15-13-17(31-26-15)16-7-4-11-29-16)22-10-12-30-19-9-8-18-23-24-20(27(18)25-19)14-5-2-1-3-6-14/h1-9,11,13H,10,12H2,(H,22,28). The Kier molecular flexibility index (Phi) is 4.85. The van der Waals surface area contributed by atoms with E-state index in [-0.39, 0.29) is 24.8 Å². The topological polar surface area (TPSA) is 121 Å². The minimum Gasteiger partial charge on any atom is -0.475 e. The third-order valence-corrected chi connectivity index (χ3v) is 4.41. The van der Waals surface area contributed by atoms with Crippen LogP contribution in [0, 0.1) is 0 Å². The van der Waals surface area contributed by atoms with Gasteiger partial charge in [0.2, 0.25) is 11.6 Å². The first-order chi connectivity index (χ1) is 15.3. The van der Waals surface area contributed by atoms with E-state index in [0.29, 0.717) is 28.9 Å². The average molecular weight is 416 g/mol. The predicted octanol–water partition coefficient (Wildman–Crippen LogP) is 2.85. The number of carbonyl (C=O) groups is 1. The summed E-state index contributed by atoms with van der Waals surface area (Å²) in [6.07, 6.45) is 1.52. The Balaban J connectivity index is 1.19. The molecule has 0 unspecified atom stereocenters. The number of furan rings is 1. The van der Waals surface area contributed by atoms with Gasteiger partial charge in [0.25, 0.3) is 5.91 Å². The van der Waals surface area contributed by atoms with Crippen LogP contribution in [0.2, 0.25) is 0 Å². The summed E-state index contributed by atoms with van der Waals surface area (Å²) < 4.78 is 17.6. The summed E-state index contributed by atoms with van der Waals surface area (Å²) in [5.41, 5.74) is 1.66. The lowest BCUT2D eigenvalue weighted by atomic mass is 10.2. The van der Waals surface area contributed by atoms with Crippen molar-refractivity contribution in [2.24, 2.45) is 0 Å². The highest BCUT2D eigenvalue weighted by atomic mass is 16.5. The molecule has 0 radical (unpaired) electrons. The summed E-state index contributed by atoms with van der Waals surface area (Å²) in [7, 11) is 0. The number of amides is 1. The summed E-state index contributed by atoms with van der Waals surface area (Å²) in [6.45, 7) is 0.477. The smallest absolute Gasteiger partial charge is 0.273 e. The maximum absolute atomic E-state index is 12.2. The van der Waals surface area contributed by atoms with E-state index < -0.39 is 0 Å². The molecule has 5 aromatic rings. The first-order valence-electron chi connectivity index (χ1n) is 9.47. The van der Waals surface area contributed by atoms with E-state index >= 15 is 0 Å². The SMILES string of the molecule is O=C(NCCOc1ccc2nnc(-c3ccccc3)n2n1)c1cc(-c2ccco2)on1. The van der Waals surface area contributed by atoms with E-state index in [1.54, 1.807) is 28.8 Å². The second kappa shape index (κ2) is 8.11. The molecule has 31 heavy (non-hydrogen) atoms. The van der Waals surface area contributed by atoms with Crippen LogP contribution in [0.3, 0.4) is 0 Å². The molecule has 0 spiro atoms. The fourth-order valence-corrected chi connectivity index (χ4v) is 2.94. The first kappa shape index (κ1) is 18.6. The van der Waals surface area contributed by atoms with Gasteiger partial charge in [-0.1, -0.05) is 35.5 Å². The van der Waals surface area contributed by atoms with Crippen LogP contribution in [0.1, 0.15) is 10.5 Å². The molecule has 0 atom stereocenters. The fraction of sp³-hybridized carbons (Fsp3) is 0.0952. The Labute approximate surface area is 175 Å². The van der Waals surface area contributed by atoms with Gasteiger partial charge in [-0.15, -0.1) is 15.3 Å². The van der Waals surface area contributed by atoms with E-state index in [1.165, 1.54) is 12.3 Å². The van der Waals surface area contributed by atoms with Crippen LogP contribution in [0.15, 0.2) is 75.9 Å². The van der Waals surface area contributed by atoms with Crippen molar-refractivity contribution < 1.29 is 18.5 Å². The van der Waals surface area contributed by atoms with Crippen LogP contribution in [0.5, 0.6) is 5.88 Å². The Bertz CT molecular complexity index is 1310. The van der Waals surface area contributed by atoms with Crippen molar-refractivity contribution >= 4 is 11.6 Å². The number of nitrogens with one attached hydrogen (secondary N) is 1. The Hall–Kier alpha value is -4.47. The molecule has 10 heteroatoms. The van der Waals surface area contributed by atoms with Crippen molar-refractivity contribution in [2.45, 2.75) is 0 Å². The molecule has 5 rings (SSSR count). The highest BCUT2D eigenvalue weighted by molar-refractivity contribution is 5.92.